The zero-order valence-corrected chi connectivity index (χ0v) is 17.5. The zero-order valence-electron chi connectivity index (χ0n) is 17.5. The van der Waals surface area contributed by atoms with Crippen LogP contribution in [0.1, 0.15) is 63.2 Å². The van der Waals surface area contributed by atoms with Crippen LogP contribution in [0.5, 0.6) is 0 Å². The normalized spacial score (nSPS) is 14.9. The van der Waals surface area contributed by atoms with Crippen molar-refractivity contribution in [2.24, 2.45) is 5.41 Å². The summed E-state index contributed by atoms with van der Waals surface area (Å²) in [5, 5.41) is 9.36. The summed E-state index contributed by atoms with van der Waals surface area (Å²) >= 11 is 0. The van der Waals surface area contributed by atoms with Gasteiger partial charge in [0.05, 0.1) is 0 Å². The van der Waals surface area contributed by atoms with Crippen LogP contribution in [0.3, 0.4) is 0 Å². The third-order valence-electron chi connectivity index (χ3n) is 5.18. The number of benzene rings is 2. The lowest BCUT2D eigenvalue weighted by Gasteiger charge is -2.23. The number of rotatable bonds is 5. The topological polar surface area (TPSA) is 70.2 Å². The van der Waals surface area contributed by atoms with E-state index in [9.17, 15) is 9.59 Å². The Morgan fingerprint density at radius 1 is 0.828 bits per heavy atom. The number of carbonyl (C=O) groups is 2. The largest absolute Gasteiger partial charge is 0.382 e. The lowest BCUT2D eigenvalue weighted by molar-refractivity contribution is -0.123. The van der Waals surface area contributed by atoms with E-state index >= 15 is 0 Å². The van der Waals surface area contributed by atoms with E-state index < -0.39 is 5.41 Å². The van der Waals surface area contributed by atoms with Gasteiger partial charge in [-0.15, -0.1) is 0 Å². The third kappa shape index (κ3) is 6.08. The Hall–Kier alpha value is -2.82. The maximum absolute atomic E-state index is 12.6. The molecule has 5 nitrogen and oxygen atoms in total. The Labute approximate surface area is 173 Å². The molecule has 1 aliphatic carbocycles. The van der Waals surface area contributed by atoms with Gasteiger partial charge in [0.25, 0.3) is 5.91 Å². The van der Waals surface area contributed by atoms with E-state index in [1.165, 1.54) is 32.1 Å². The number of carbonyl (C=O) groups excluding carboxylic acids is 2. The summed E-state index contributed by atoms with van der Waals surface area (Å²) in [6.45, 7) is 5.56. The molecule has 0 radical (unpaired) electrons. The van der Waals surface area contributed by atoms with Crippen molar-refractivity contribution in [1.82, 2.24) is 0 Å². The fraction of sp³-hybridized carbons (Fsp3) is 0.417. The van der Waals surface area contributed by atoms with E-state index in [1.807, 2.05) is 45.0 Å². The van der Waals surface area contributed by atoms with Crippen LogP contribution >= 0.6 is 0 Å². The molecule has 5 heteroatoms. The molecule has 2 amide bonds. The van der Waals surface area contributed by atoms with Crippen molar-refractivity contribution in [3.05, 3.63) is 54.1 Å². The molecule has 2 aromatic rings. The van der Waals surface area contributed by atoms with Gasteiger partial charge in [0.2, 0.25) is 5.91 Å². The molecule has 0 saturated heterocycles. The number of amides is 2. The molecule has 0 aliphatic heterocycles. The van der Waals surface area contributed by atoms with Crippen molar-refractivity contribution in [1.29, 1.82) is 0 Å². The predicted octanol–water partition coefficient (Wildman–Crippen LogP) is 5.67. The number of anilines is 3. The molecule has 0 bridgehead atoms. The summed E-state index contributed by atoms with van der Waals surface area (Å²) in [5.74, 6) is -0.291. The molecule has 1 aliphatic rings. The first-order valence-corrected chi connectivity index (χ1v) is 10.4. The van der Waals surface area contributed by atoms with Crippen molar-refractivity contribution in [2.45, 2.75) is 58.9 Å². The molecule has 0 aromatic heterocycles. The Balaban J connectivity index is 1.59. The van der Waals surface area contributed by atoms with E-state index in [1.54, 1.807) is 24.3 Å². The lowest BCUT2D eigenvalue weighted by atomic mass is 9.95. The first kappa shape index (κ1) is 20.9. The summed E-state index contributed by atoms with van der Waals surface area (Å²) < 4.78 is 0. The second-order valence-corrected chi connectivity index (χ2v) is 8.80. The first-order chi connectivity index (χ1) is 13.8. The van der Waals surface area contributed by atoms with Gasteiger partial charge in [-0.25, -0.2) is 0 Å². The molecule has 3 rings (SSSR count). The van der Waals surface area contributed by atoms with Crippen LogP contribution in [0.15, 0.2) is 48.5 Å². The first-order valence-electron chi connectivity index (χ1n) is 10.4. The van der Waals surface area contributed by atoms with E-state index in [0.29, 0.717) is 17.3 Å². The average Bonchev–Trinajstić information content (AvgIpc) is 2.70. The SMILES string of the molecule is CC(C)(C)C(=O)Nc1cccc(C(=O)Nc2ccc(NC3CCCCC3)cc2)c1. The smallest absolute Gasteiger partial charge is 0.255 e. The minimum atomic E-state index is -0.494. The van der Waals surface area contributed by atoms with Crippen molar-refractivity contribution >= 4 is 28.9 Å². The van der Waals surface area contributed by atoms with E-state index in [-0.39, 0.29) is 11.8 Å². The molecule has 154 valence electrons. The van der Waals surface area contributed by atoms with Gasteiger partial charge in [0.15, 0.2) is 0 Å². The number of nitrogens with one attached hydrogen (secondary N) is 3. The van der Waals surface area contributed by atoms with Crippen LogP contribution in [0.2, 0.25) is 0 Å². The van der Waals surface area contributed by atoms with Gasteiger partial charge in [0, 0.05) is 34.1 Å². The van der Waals surface area contributed by atoms with Gasteiger partial charge >= 0.3 is 0 Å². The second kappa shape index (κ2) is 9.12. The monoisotopic (exact) mass is 393 g/mol. The van der Waals surface area contributed by atoms with Crippen LogP contribution in [0.25, 0.3) is 0 Å². The molecule has 0 spiro atoms. The highest BCUT2D eigenvalue weighted by Crippen LogP contribution is 2.23. The summed E-state index contributed by atoms with van der Waals surface area (Å²) in [6.07, 6.45) is 6.37. The van der Waals surface area contributed by atoms with Crippen molar-refractivity contribution in [2.75, 3.05) is 16.0 Å². The molecule has 0 heterocycles. The van der Waals surface area contributed by atoms with Gasteiger partial charge in [0.1, 0.15) is 0 Å². The van der Waals surface area contributed by atoms with Gasteiger partial charge in [-0.2, -0.15) is 0 Å². The van der Waals surface area contributed by atoms with Crippen molar-refractivity contribution < 1.29 is 9.59 Å². The third-order valence-corrected chi connectivity index (χ3v) is 5.18. The highest BCUT2D eigenvalue weighted by molar-refractivity contribution is 6.05. The van der Waals surface area contributed by atoms with E-state index in [4.69, 9.17) is 0 Å². The second-order valence-electron chi connectivity index (χ2n) is 8.80. The van der Waals surface area contributed by atoms with Gasteiger partial charge in [-0.05, 0) is 55.3 Å². The summed E-state index contributed by atoms with van der Waals surface area (Å²) in [5.41, 5.74) is 2.45. The minimum absolute atomic E-state index is 0.0869. The molecule has 3 N–H and O–H groups in total. The lowest BCUT2D eigenvalue weighted by Crippen LogP contribution is -2.27. The van der Waals surface area contributed by atoms with Gasteiger partial charge in [-0.1, -0.05) is 46.1 Å². The van der Waals surface area contributed by atoms with Crippen molar-refractivity contribution in [3.63, 3.8) is 0 Å². The predicted molar refractivity (Wildman–Crippen MR) is 119 cm³/mol. The van der Waals surface area contributed by atoms with E-state index in [0.717, 1.165) is 11.4 Å². The minimum Gasteiger partial charge on any atom is -0.382 e. The van der Waals surface area contributed by atoms with Crippen molar-refractivity contribution in [3.8, 4) is 0 Å². The quantitative estimate of drug-likeness (QED) is 0.613. The van der Waals surface area contributed by atoms with Crippen LogP contribution in [-0.2, 0) is 4.79 Å². The Morgan fingerprint density at radius 3 is 2.14 bits per heavy atom. The molecule has 0 unspecified atom stereocenters. The van der Waals surface area contributed by atoms with E-state index in [2.05, 4.69) is 16.0 Å². The molecular weight excluding hydrogens is 362 g/mol. The molecule has 1 saturated carbocycles. The Kier molecular flexibility index (Phi) is 6.57. The fourth-order valence-electron chi connectivity index (χ4n) is 3.39. The highest BCUT2D eigenvalue weighted by atomic mass is 16.2. The molecule has 29 heavy (non-hydrogen) atoms. The maximum atomic E-state index is 12.6. The van der Waals surface area contributed by atoms with Crippen LogP contribution < -0.4 is 16.0 Å². The molecule has 2 aromatic carbocycles. The number of hydrogen-bond acceptors (Lipinski definition) is 3. The number of hydrogen-bond donors (Lipinski definition) is 3. The molecule has 0 atom stereocenters. The highest BCUT2D eigenvalue weighted by Gasteiger charge is 2.21. The summed E-state index contributed by atoms with van der Waals surface area (Å²) in [4.78, 5) is 24.8. The Morgan fingerprint density at radius 2 is 1.48 bits per heavy atom. The summed E-state index contributed by atoms with van der Waals surface area (Å²) in [6, 6.07) is 15.4. The van der Waals surface area contributed by atoms with Gasteiger partial charge < -0.3 is 16.0 Å². The maximum Gasteiger partial charge on any atom is 0.255 e. The molecule has 1 fully saturated rings. The zero-order chi connectivity index (χ0) is 20.9. The standard InChI is InChI=1S/C24H31N3O2/c1-24(2,3)23(29)27-21-11-7-8-17(16-21)22(28)26-20-14-12-19(13-15-20)25-18-9-5-4-6-10-18/h7-8,11-16,18,25H,4-6,9-10H2,1-3H3,(H,26,28)(H,27,29). The molecular formula is C24H31N3O2. The summed E-state index contributed by atoms with van der Waals surface area (Å²) in [7, 11) is 0. The Bertz CT molecular complexity index is 847. The van der Waals surface area contributed by atoms with Crippen LogP contribution in [0, 0.1) is 5.41 Å². The van der Waals surface area contributed by atoms with Crippen LogP contribution in [0.4, 0.5) is 17.1 Å². The fourth-order valence-corrected chi connectivity index (χ4v) is 3.39. The average molecular weight is 394 g/mol. The van der Waals surface area contributed by atoms with Crippen LogP contribution in [-0.4, -0.2) is 17.9 Å². The van der Waals surface area contributed by atoms with Gasteiger partial charge in [-0.3, -0.25) is 9.59 Å².